The van der Waals surface area contributed by atoms with Crippen molar-refractivity contribution in [3.05, 3.63) is 16.8 Å². The van der Waals surface area contributed by atoms with Crippen LogP contribution in [0.15, 0.2) is 0 Å². The Bertz CT molecular complexity index is 495. The highest BCUT2D eigenvalue weighted by Crippen LogP contribution is 2.23. The number of hydrogen-bond acceptors (Lipinski definition) is 5. The summed E-state index contributed by atoms with van der Waals surface area (Å²) in [6, 6.07) is 2.48. The van der Waals surface area contributed by atoms with Crippen LogP contribution in [0.5, 0.6) is 0 Å². The summed E-state index contributed by atoms with van der Waals surface area (Å²) in [7, 11) is 0. The van der Waals surface area contributed by atoms with Crippen molar-refractivity contribution in [1.82, 2.24) is 10.2 Å². The Balaban J connectivity index is 2.33. The molecule has 0 spiro atoms. The van der Waals surface area contributed by atoms with E-state index in [-0.39, 0.29) is 12.1 Å². The molecule has 19 heavy (non-hydrogen) atoms. The van der Waals surface area contributed by atoms with Crippen molar-refractivity contribution >= 4 is 5.82 Å². The van der Waals surface area contributed by atoms with Crippen LogP contribution in [0, 0.1) is 11.3 Å². The molecule has 2 unspecified atom stereocenters. The predicted molar refractivity (Wildman–Crippen MR) is 72.9 cm³/mol. The summed E-state index contributed by atoms with van der Waals surface area (Å²) in [6.45, 7) is 6.86. The smallest absolute Gasteiger partial charge is 0.167 e. The molecule has 0 amide bonds. The van der Waals surface area contributed by atoms with Crippen molar-refractivity contribution < 1.29 is 4.74 Å². The van der Waals surface area contributed by atoms with Crippen LogP contribution in [-0.2, 0) is 17.6 Å². The first kappa shape index (κ1) is 13.8. The van der Waals surface area contributed by atoms with Gasteiger partial charge < -0.3 is 10.1 Å². The maximum atomic E-state index is 9.40. The van der Waals surface area contributed by atoms with Gasteiger partial charge in [0.2, 0.25) is 0 Å². The van der Waals surface area contributed by atoms with E-state index in [9.17, 15) is 5.26 Å². The Morgan fingerprint density at radius 1 is 1.37 bits per heavy atom. The third-order valence-corrected chi connectivity index (χ3v) is 3.66. The van der Waals surface area contributed by atoms with Gasteiger partial charge in [-0.3, -0.25) is 0 Å². The van der Waals surface area contributed by atoms with Gasteiger partial charge in [-0.1, -0.05) is 13.8 Å². The zero-order chi connectivity index (χ0) is 13.8. The first-order valence-electron chi connectivity index (χ1n) is 6.87. The lowest BCUT2D eigenvalue weighted by Crippen LogP contribution is -2.28. The van der Waals surface area contributed by atoms with E-state index >= 15 is 0 Å². The van der Waals surface area contributed by atoms with E-state index in [1.54, 1.807) is 0 Å². The van der Waals surface area contributed by atoms with Gasteiger partial charge in [0.15, 0.2) is 5.82 Å². The predicted octanol–water partition coefficient (Wildman–Crippen LogP) is 2.06. The minimum Gasteiger partial charge on any atom is -0.376 e. The molecule has 1 aliphatic heterocycles. The average Bonchev–Trinajstić information content (AvgIpc) is 2.83. The highest BCUT2D eigenvalue weighted by molar-refractivity contribution is 5.57. The van der Waals surface area contributed by atoms with Crippen LogP contribution in [0.2, 0.25) is 0 Å². The van der Waals surface area contributed by atoms with Gasteiger partial charge in [-0.25, -0.2) is 0 Å². The fourth-order valence-electron chi connectivity index (χ4n) is 2.49. The lowest BCUT2D eigenvalue weighted by molar-refractivity contribution is 0.121. The molecule has 0 saturated carbocycles. The number of anilines is 1. The molecule has 1 aromatic rings. The summed E-state index contributed by atoms with van der Waals surface area (Å²) in [6.07, 6.45) is 2.68. The lowest BCUT2D eigenvalue weighted by Gasteiger charge is -2.18. The van der Waals surface area contributed by atoms with Crippen LogP contribution in [0.25, 0.3) is 0 Å². The van der Waals surface area contributed by atoms with Crippen molar-refractivity contribution in [1.29, 1.82) is 5.26 Å². The van der Waals surface area contributed by atoms with Crippen LogP contribution in [-0.4, -0.2) is 29.0 Å². The molecule has 0 aromatic carbocycles. The van der Waals surface area contributed by atoms with E-state index in [0.717, 1.165) is 37.1 Å². The van der Waals surface area contributed by atoms with E-state index in [4.69, 9.17) is 4.74 Å². The topological polar surface area (TPSA) is 70.8 Å². The van der Waals surface area contributed by atoms with Gasteiger partial charge in [-0.15, -0.1) is 5.10 Å². The Morgan fingerprint density at radius 3 is 2.68 bits per heavy atom. The molecule has 102 valence electrons. The summed E-state index contributed by atoms with van der Waals surface area (Å²) in [5.41, 5.74) is 2.56. The molecule has 1 aliphatic rings. The minimum absolute atomic E-state index is 0.143. The summed E-state index contributed by atoms with van der Waals surface area (Å²) in [4.78, 5) is 0. The van der Waals surface area contributed by atoms with Gasteiger partial charge in [0.05, 0.1) is 17.8 Å². The molecular formula is C14H20N4O. The fraction of sp³-hybridized carbons (Fsp3) is 0.643. The quantitative estimate of drug-likeness (QED) is 0.897. The number of aromatic nitrogens is 2. The third kappa shape index (κ3) is 2.69. The van der Waals surface area contributed by atoms with Gasteiger partial charge in [-0.2, -0.15) is 10.4 Å². The number of rotatable bonds is 4. The van der Waals surface area contributed by atoms with Crippen molar-refractivity contribution in [2.45, 2.75) is 52.2 Å². The summed E-state index contributed by atoms with van der Waals surface area (Å²) >= 11 is 0. The Morgan fingerprint density at radius 2 is 2.16 bits per heavy atom. The molecule has 0 bridgehead atoms. The van der Waals surface area contributed by atoms with Gasteiger partial charge in [0, 0.05) is 6.61 Å². The Hall–Kier alpha value is -1.67. The van der Waals surface area contributed by atoms with Crippen LogP contribution in [0.1, 0.15) is 44.0 Å². The molecule has 5 nitrogen and oxygen atoms in total. The number of nitrogens with zero attached hydrogens (tertiary/aromatic N) is 3. The Labute approximate surface area is 114 Å². The van der Waals surface area contributed by atoms with Gasteiger partial charge in [0.25, 0.3) is 0 Å². The molecule has 1 saturated heterocycles. The second-order valence-corrected chi connectivity index (χ2v) is 4.78. The van der Waals surface area contributed by atoms with Gasteiger partial charge in [-0.05, 0) is 31.7 Å². The molecule has 1 N–H and O–H groups in total. The SMILES string of the molecule is CCc1nnc(NC2CCOC2C)c(C#N)c1CC. The van der Waals surface area contributed by atoms with Crippen molar-refractivity contribution in [2.24, 2.45) is 0 Å². The molecular weight excluding hydrogens is 240 g/mol. The molecule has 2 atom stereocenters. The van der Waals surface area contributed by atoms with Gasteiger partial charge >= 0.3 is 0 Å². The number of nitrogens with one attached hydrogen (secondary N) is 1. The minimum atomic E-state index is 0.143. The van der Waals surface area contributed by atoms with Crippen LogP contribution < -0.4 is 5.32 Å². The van der Waals surface area contributed by atoms with Crippen LogP contribution in [0.3, 0.4) is 0 Å². The monoisotopic (exact) mass is 260 g/mol. The van der Waals surface area contributed by atoms with E-state index in [0.29, 0.717) is 11.4 Å². The van der Waals surface area contributed by atoms with Crippen molar-refractivity contribution in [3.8, 4) is 6.07 Å². The summed E-state index contributed by atoms with van der Waals surface area (Å²) < 4.78 is 5.52. The molecule has 2 rings (SSSR count). The maximum Gasteiger partial charge on any atom is 0.167 e. The van der Waals surface area contributed by atoms with E-state index in [2.05, 4.69) is 21.6 Å². The Kier molecular flexibility index (Phi) is 4.33. The van der Waals surface area contributed by atoms with Crippen molar-refractivity contribution in [2.75, 3.05) is 11.9 Å². The molecule has 1 aromatic heterocycles. The zero-order valence-corrected chi connectivity index (χ0v) is 11.7. The van der Waals surface area contributed by atoms with E-state index in [1.807, 2.05) is 20.8 Å². The number of ether oxygens (including phenoxy) is 1. The largest absolute Gasteiger partial charge is 0.376 e. The molecule has 0 radical (unpaired) electrons. The van der Waals surface area contributed by atoms with Crippen LogP contribution in [0.4, 0.5) is 5.82 Å². The first-order valence-corrected chi connectivity index (χ1v) is 6.87. The van der Waals surface area contributed by atoms with E-state index < -0.39 is 0 Å². The highest BCUT2D eigenvalue weighted by atomic mass is 16.5. The molecule has 1 fully saturated rings. The standard InChI is InChI=1S/C14H20N4O/c1-4-10-11(8-15)14(18-17-12(10)5-2)16-13-6-7-19-9(13)3/h9,13H,4-7H2,1-3H3,(H,16,18). The lowest BCUT2D eigenvalue weighted by atomic mass is 10.0. The maximum absolute atomic E-state index is 9.40. The average molecular weight is 260 g/mol. The molecule has 2 heterocycles. The third-order valence-electron chi connectivity index (χ3n) is 3.66. The normalized spacial score (nSPS) is 22.2. The molecule has 5 heteroatoms. The molecule has 0 aliphatic carbocycles. The van der Waals surface area contributed by atoms with Gasteiger partial charge in [0.1, 0.15) is 11.6 Å². The highest BCUT2D eigenvalue weighted by Gasteiger charge is 2.26. The number of aryl methyl sites for hydroxylation is 1. The van der Waals surface area contributed by atoms with E-state index in [1.165, 1.54) is 0 Å². The summed E-state index contributed by atoms with van der Waals surface area (Å²) in [5, 5.41) is 21.1. The second-order valence-electron chi connectivity index (χ2n) is 4.78. The fourth-order valence-corrected chi connectivity index (χ4v) is 2.49. The van der Waals surface area contributed by atoms with Crippen molar-refractivity contribution in [3.63, 3.8) is 0 Å². The first-order chi connectivity index (χ1) is 9.21. The number of hydrogen-bond donors (Lipinski definition) is 1. The zero-order valence-electron chi connectivity index (χ0n) is 11.7. The van der Waals surface area contributed by atoms with Crippen LogP contribution >= 0.6 is 0 Å². The summed E-state index contributed by atoms with van der Waals surface area (Å²) in [5.74, 6) is 0.596. The second kappa shape index (κ2) is 5.98. The number of nitriles is 1.